The van der Waals surface area contributed by atoms with Crippen molar-refractivity contribution in [1.29, 1.82) is 0 Å². The minimum Gasteiger partial charge on any atom is -0.322 e. The molecule has 0 aromatic heterocycles. The fourth-order valence-corrected chi connectivity index (χ4v) is 4.31. The van der Waals surface area contributed by atoms with E-state index >= 15 is 0 Å². The zero-order chi connectivity index (χ0) is 19.0. The molecule has 0 radical (unpaired) electrons. The number of hydrogen-bond acceptors (Lipinski definition) is 5. The SMILES string of the molecule is CC1CCNCCN1Cc1cccc2c1CN(C1CCC(=O)NC1=O)C2=O. The fraction of sp³-hybridized carbons (Fsp3) is 0.550. The average molecular weight is 370 g/mol. The second-order valence-corrected chi connectivity index (χ2v) is 7.70. The molecular weight excluding hydrogens is 344 g/mol. The number of amides is 3. The van der Waals surface area contributed by atoms with Gasteiger partial charge in [0.15, 0.2) is 0 Å². The van der Waals surface area contributed by atoms with Crippen LogP contribution in [0.2, 0.25) is 0 Å². The Hall–Kier alpha value is -2.25. The molecule has 7 nitrogen and oxygen atoms in total. The van der Waals surface area contributed by atoms with E-state index in [4.69, 9.17) is 0 Å². The van der Waals surface area contributed by atoms with Gasteiger partial charge in [-0.2, -0.15) is 0 Å². The molecule has 27 heavy (non-hydrogen) atoms. The van der Waals surface area contributed by atoms with Crippen molar-refractivity contribution in [1.82, 2.24) is 20.4 Å². The second-order valence-electron chi connectivity index (χ2n) is 7.70. The molecule has 1 aromatic carbocycles. The van der Waals surface area contributed by atoms with Crippen LogP contribution in [0, 0.1) is 0 Å². The van der Waals surface area contributed by atoms with Crippen molar-refractivity contribution in [3.05, 3.63) is 34.9 Å². The predicted molar refractivity (Wildman–Crippen MR) is 99.8 cm³/mol. The summed E-state index contributed by atoms with van der Waals surface area (Å²) in [6.45, 7) is 6.49. The van der Waals surface area contributed by atoms with Crippen LogP contribution in [0.25, 0.3) is 0 Å². The summed E-state index contributed by atoms with van der Waals surface area (Å²) < 4.78 is 0. The summed E-state index contributed by atoms with van der Waals surface area (Å²) in [4.78, 5) is 40.7. The number of benzene rings is 1. The van der Waals surface area contributed by atoms with Gasteiger partial charge in [-0.3, -0.25) is 24.6 Å². The first kappa shape index (κ1) is 18.1. The summed E-state index contributed by atoms with van der Waals surface area (Å²) in [6, 6.07) is 5.79. The molecule has 0 saturated carbocycles. The van der Waals surface area contributed by atoms with Gasteiger partial charge in [-0.15, -0.1) is 0 Å². The third-order valence-corrected chi connectivity index (χ3v) is 5.99. The van der Waals surface area contributed by atoms with Crippen LogP contribution >= 0.6 is 0 Å². The molecule has 0 aliphatic carbocycles. The molecule has 3 heterocycles. The summed E-state index contributed by atoms with van der Waals surface area (Å²) >= 11 is 0. The zero-order valence-electron chi connectivity index (χ0n) is 15.7. The fourth-order valence-electron chi connectivity index (χ4n) is 4.31. The first-order valence-electron chi connectivity index (χ1n) is 9.75. The van der Waals surface area contributed by atoms with Gasteiger partial charge in [-0.05, 0) is 43.5 Å². The van der Waals surface area contributed by atoms with E-state index < -0.39 is 6.04 Å². The number of imide groups is 1. The van der Waals surface area contributed by atoms with Gasteiger partial charge in [0.2, 0.25) is 11.8 Å². The van der Waals surface area contributed by atoms with Crippen molar-refractivity contribution in [2.75, 3.05) is 19.6 Å². The van der Waals surface area contributed by atoms with Gasteiger partial charge < -0.3 is 10.2 Å². The van der Waals surface area contributed by atoms with Crippen LogP contribution in [0.15, 0.2) is 18.2 Å². The highest BCUT2D eigenvalue weighted by Gasteiger charge is 2.39. The number of piperidine rings is 1. The standard InChI is InChI=1S/C20H26N4O3/c1-13-7-8-21-9-10-23(13)11-14-3-2-4-15-16(14)12-24(20(15)27)17-5-6-18(25)22-19(17)26/h2-4,13,17,21H,5-12H2,1H3,(H,22,25,26). The van der Waals surface area contributed by atoms with E-state index in [-0.39, 0.29) is 24.1 Å². The molecule has 7 heteroatoms. The average Bonchev–Trinajstić information content (AvgIpc) is 2.84. The lowest BCUT2D eigenvalue weighted by atomic mass is 10.0. The molecule has 4 rings (SSSR count). The number of carbonyl (C=O) groups is 3. The molecule has 0 spiro atoms. The van der Waals surface area contributed by atoms with Crippen LogP contribution in [-0.4, -0.2) is 59.2 Å². The number of nitrogens with zero attached hydrogens (tertiary/aromatic N) is 2. The van der Waals surface area contributed by atoms with Crippen LogP contribution in [0.4, 0.5) is 0 Å². The van der Waals surface area contributed by atoms with E-state index in [9.17, 15) is 14.4 Å². The maximum absolute atomic E-state index is 12.9. The minimum atomic E-state index is -0.559. The molecule has 2 fully saturated rings. The van der Waals surface area contributed by atoms with Gasteiger partial charge in [0.25, 0.3) is 5.91 Å². The highest BCUT2D eigenvalue weighted by atomic mass is 16.2. The smallest absolute Gasteiger partial charge is 0.255 e. The van der Waals surface area contributed by atoms with E-state index in [2.05, 4.69) is 28.5 Å². The first-order chi connectivity index (χ1) is 13.0. The largest absolute Gasteiger partial charge is 0.322 e. The molecule has 1 aromatic rings. The highest BCUT2D eigenvalue weighted by molar-refractivity contribution is 6.05. The monoisotopic (exact) mass is 370 g/mol. The van der Waals surface area contributed by atoms with Gasteiger partial charge in [-0.25, -0.2) is 0 Å². The van der Waals surface area contributed by atoms with E-state index in [1.165, 1.54) is 0 Å². The molecular formula is C20H26N4O3. The summed E-state index contributed by atoms with van der Waals surface area (Å²) in [6.07, 6.45) is 1.78. The Morgan fingerprint density at radius 2 is 2.00 bits per heavy atom. The number of fused-ring (bicyclic) bond motifs is 1. The van der Waals surface area contributed by atoms with Gasteiger partial charge in [-0.1, -0.05) is 12.1 Å². The Labute approximate surface area is 159 Å². The Bertz CT molecular complexity index is 778. The summed E-state index contributed by atoms with van der Waals surface area (Å²) in [5.74, 6) is -0.724. The molecule has 2 unspecified atom stereocenters. The van der Waals surface area contributed by atoms with Crippen LogP contribution in [-0.2, 0) is 22.7 Å². The molecule has 3 aliphatic rings. The Kier molecular flexibility index (Phi) is 4.97. The van der Waals surface area contributed by atoms with E-state index in [0.29, 0.717) is 24.6 Å². The number of carbonyl (C=O) groups excluding carboxylic acids is 3. The quantitative estimate of drug-likeness (QED) is 0.763. The Balaban J connectivity index is 1.55. The number of hydrogen-bond donors (Lipinski definition) is 2. The number of rotatable bonds is 3. The van der Waals surface area contributed by atoms with Crippen LogP contribution < -0.4 is 10.6 Å². The van der Waals surface area contributed by atoms with E-state index in [1.807, 2.05) is 12.1 Å². The third kappa shape index (κ3) is 3.49. The predicted octanol–water partition coefficient (Wildman–Crippen LogP) is 0.631. The molecule has 2 atom stereocenters. The minimum absolute atomic E-state index is 0.105. The Morgan fingerprint density at radius 3 is 2.81 bits per heavy atom. The van der Waals surface area contributed by atoms with Gasteiger partial charge >= 0.3 is 0 Å². The maximum atomic E-state index is 12.9. The van der Waals surface area contributed by atoms with Crippen molar-refractivity contribution >= 4 is 17.7 Å². The molecule has 144 valence electrons. The van der Waals surface area contributed by atoms with Gasteiger partial charge in [0.05, 0.1) is 0 Å². The van der Waals surface area contributed by atoms with Gasteiger partial charge in [0.1, 0.15) is 6.04 Å². The summed E-state index contributed by atoms with van der Waals surface area (Å²) in [7, 11) is 0. The molecule has 3 amide bonds. The third-order valence-electron chi connectivity index (χ3n) is 5.99. The lowest BCUT2D eigenvalue weighted by molar-refractivity contribution is -0.136. The molecule has 0 bridgehead atoms. The highest BCUT2D eigenvalue weighted by Crippen LogP contribution is 2.30. The van der Waals surface area contributed by atoms with Crippen molar-refractivity contribution in [3.63, 3.8) is 0 Å². The van der Waals surface area contributed by atoms with Gasteiger partial charge in [0, 0.05) is 44.2 Å². The first-order valence-corrected chi connectivity index (χ1v) is 9.75. The van der Waals surface area contributed by atoms with Crippen LogP contribution in [0.5, 0.6) is 0 Å². The van der Waals surface area contributed by atoms with E-state index in [1.54, 1.807) is 4.90 Å². The molecule has 2 N–H and O–H groups in total. The Morgan fingerprint density at radius 1 is 1.15 bits per heavy atom. The maximum Gasteiger partial charge on any atom is 0.255 e. The summed E-state index contributed by atoms with van der Waals surface area (Å²) in [5, 5.41) is 5.80. The lowest BCUT2D eigenvalue weighted by Crippen LogP contribution is -2.52. The van der Waals surface area contributed by atoms with E-state index in [0.717, 1.165) is 43.7 Å². The zero-order valence-corrected chi connectivity index (χ0v) is 15.7. The molecule has 2 saturated heterocycles. The topological polar surface area (TPSA) is 81.8 Å². The normalized spacial score (nSPS) is 26.7. The van der Waals surface area contributed by atoms with Crippen molar-refractivity contribution in [2.45, 2.75) is 51.4 Å². The molecule has 3 aliphatic heterocycles. The lowest BCUT2D eigenvalue weighted by Gasteiger charge is -2.29. The number of nitrogens with one attached hydrogen (secondary N) is 2. The van der Waals surface area contributed by atoms with Crippen LogP contribution in [0.3, 0.4) is 0 Å². The second kappa shape index (κ2) is 7.40. The van der Waals surface area contributed by atoms with Crippen molar-refractivity contribution < 1.29 is 14.4 Å². The summed E-state index contributed by atoms with van der Waals surface area (Å²) in [5.41, 5.74) is 2.87. The van der Waals surface area contributed by atoms with Crippen molar-refractivity contribution in [2.24, 2.45) is 0 Å². The van der Waals surface area contributed by atoms with Crippen LogP contribution in [0.1, 0.15) is 47.7 Å². The van der Waals surface area contributed by atoms with Crippen molar-refractivity contribution in [3.8, 4) is 0 Å².